The zero-order chi connectivity index (χ0) is 14.0. The summed E-state index contributed by atoms with van der Waals surface area (Å²) in [5.74, 6) is 1.73. The smallest absolute Gasteiger partial charge is 0.318 e. The van der Waals surface area contributed by atoms with Gasteiger partial charge in [-0.1, -0.05) is 5.92 Å². The van der Waals surface area contributed by atoms with Gasteiger partial charge in [0.15, 0.2) is 0 Å². The lowest BCUT2D eigenvalue weighted by atomic mass is 9.84. The molecule has 5 nitrogen and oxygen atoms in total. The van der Waals surface area contributed by atoms with Crippen molar-refractivity contribution in [1.29, 1.82) is 0 Å². The molecule has 2 fully saturated rings. The number of fused-ring (bicyclic) bond motifs is 2. The molecule has 4 unspecified atom stereocenters. The molecule has 104 valence electrons. The molecule has 2 aliphatic carbocycles. The van der Waals surface area contributed by atoms with Crippen LogP contribution < -0.4 is 5.32 Å². The first-order valence-electron chi connectivity index (χ1n) is 6.80. The molecular weight excluding hydrogens is 244 g/mol. The molecule has 2 N–H and O–H groups in total. The normalized spacial score (nSPS) is 31.8. The minimum atomic E-state index is -0.794. The van der Waals surface area contributed by atoms with Crippen molar-refractivity contribution in [2.24, 2.45) is 17.8 Å². The Labute approximate surface area is 113 Å². The number of hydrogen-bond acceptors (Lipinski definition) is 2. The summed E-state index contributed by atoms with van der Waals surface area (Å²) >= 11 is 0. The standard InChI is InChI=1S/C14H20N2O3/c1-3-7-16(4-2)14(19)15-12-10-6-5-9(8-10)11(12)13(17)18/h1,9-12H,4-8H2,2H3,(H,15,19)(H,17,18). The van der Waals surface area contributed by atoms with Gasteiger partial charge in [-0.05, 0) is 38.0 Å². The van der Waals surface area contributed by atoms with Crippen molar-refractivity contribution in [3.05, 3.63) is 0 Å². The first-order valence-corrected chi connectivity index (χ1v) is 6.80. The molecule has 2 amide bonds. The zero-order valence-corrected chi connectivity index (χ0v) is 11.1. The van der Waals surface area contributed by atoms with Crippen LogP contribution in [-0.2, 0) is 4.79 Å². The van der Waals surface area contributed by atoms with Crippen molar-refractivity contribution >= 4 is 12.0 Å². The van der Waals surface area contributed by atoms with E-state index in [1.54, 1.807) is 0 Å². The molecule has 19 heavy (non-hydrogen) atoms. The molecule has 0 heterocycles. The Kier molecular flexibility index (Phi) is 3.98. The molecule has 0 aliphatic heterocycles. The lowest BCUT2D eigenvalue weighted by Crippen LogP contribution is -2.51. The Hall–Kier alpha value is -1.70. The van der Waals surface area contributed by atoms with Gasteiger partial charge < -0.3 is 15.3 Å². The van der Waals surface area contributed by atoms with Crippen LogP contribution in [-0.4, -0.2) is 41.1 Å². The number of nitrogens with one attached hydrogen (secondary N) is 1. The van der Waals surface area contributed by atoms with Gasteiger partial charge in [-0.3, -0.25) is 4.79 Å². The maximum absolute atomic E-state index is 12.1. The summed E-state index contributed by atoms with van der Waals surface area (Å²) in [6.07, 6.45) is 8.12. The van der Waals surface area contributed by atoms with Crippen LogP contribution >= 0.6 is 0 Å². The Balaban J connectivity index is 2.03. The molecular formula is C14H20N2O3. The maximum atomic E-state index is 12.1. The van der Waals surface area contributed by atoms with E-state index in [9.17, 15) is 14.7 Å². The summed E-state index contributed by atoms with van der Waals surface area (Å²) in [5, 5.41) is 12.2. The molecule has 0 aromatic carbocycles. The molecule has 5 heteroatoms. The van der Waals surface area contributed by atoms with E-state index in [2.05, 4.69) is 11.2 Å². The van der Waals surface area contributed by atoms with Gasteiger partial charge >= 0.3 is 12.0 Å². The molecule has 2 saturated carbocycles. The first-order chi connectivity index (χ1) is 9.08. The van der Waals surface area contributed by atoms with Crippen molar-refractivity contribution < 1.29 is 14.7 Å². The highest BCUT2D eigenvalue weighted by Gasteiger charge is 2.51. The van der Waals surface area contributed by atoms with Crippen LogP contribution in [0.15, 0.2) is 0 Å². The number of carbonyl (C=O) groups is 2. The third kappa shape index (κ3) is 2.53. The Morgan fingerprint density at radius 1 is 1.42 bits per heavy atom. The number of amides is 2. The average molecular weight is 264 g/mol. The Morgan fingerprint density at radius 2 is 2.11 bits per heavy atom. The van der Waals surface area contributed by atoms with Gasteiger partial charge in [0.1, 0.15) is 0 Å². The fraction of sp³-hybridized carbons (Fsp3) is 0.714. The molecule has 0 aromatic heterocycles. The van der Waals surface area contributed by atoms with Gasteiger partial charge in [-0.25, -0.2) is 4.79 Å². The highest BCUT2D eigenvalue weighted by Crippen LogP contribution is 2.48. The minimum absolute atomic E-state index is 0.218. The summed E-state index contributed by atoms with van der Waals surface area (Å²) < 4.78 is 0. The van der Waals surface area contributed by atoms with Crippen molar-refractivity contribution in [2.75, 3.05) is 13.1 Å². The number of carbonyl (C=O) groups excluding carboxylic acids is 1. The van der Waals surface area contributed by atoms with E-state index < -0.39 is 11.9 Å². The number of carboxylic acids is 1. The van der Waals surface area contributed by atoms with Gasteiger partial charge in [-0.15, -0.1) is 6.42 Å². The van der Waals surface area contributed by atoms with E-state index in [0.717, 1.165) is 19.3 Å². The summed E-state index contributed by atoms with van der Waals surface area (Å²) in [5.41, 5.74) is 0. The second-order valence-corrected chi connectivity index (χ2v) is 5.39. The predicted octanol–water partition coefficient (Wildman–Crippen LogP) is 1.15. The summed E-state index contributed by atoms with van der Waals surface area (Å²) in [4.78, 5) is 25.0. The topological polar surface area (TPSA) is 69.6 Å². The molecule has 2 rings (SSSR count). The van der Waals surface area contributed by atoms with Crippen molar-refractivity contribution in [1.82, 2.24) is 10.2 Å². The molecule has 0 aromatic rings. The van der Waals surface area contributed by atoms with E-state index in [-0.39, 0.29) is 24.5 Å². The molecule has 2 bridgehead atoms. The van der Waals surface area contributed by atoms with Crippen LogP contribution in [0.25, 0.3) is 0 Å². The third-order valence-electron chi connectivity index (χ3n) is 4.44. The number of nitrogens with zero attached hydrogens (tertiary/aromatic N) is 1. The molecule has 0 spiro atoms. The van der Waals surface area contributed by atoms with E-state index in [0.29, 0.717) is 12.5 Å². The van der Waals surface area contributed by atoms with Crippen molar-refractivity contribution in [2.45, 2.75) is 32.2 Å². The molecule has 2 aliphatic rings. The summed E-state index contributed by atoms with van der Waals surface area (Å²) in [6, 6.07) is -0.486. The molecule has 0 radical (unpaired) electrons. The Bertz CT molecular complexity index is 415. The van der Waals surface area contributed by atoms with Gasteiger partial charge in [-0.2, -0.15) is 0 Å². The fourth-order valence-corrected chi connectivity index (χ4v) is 3.53. The second-order valence-electron chi connectivity index (χ2n) is 5.39. The third-order valence-corrected chi connectivity index (χ3v) is 4.44. The van der Waals surface area contributed by atoms with Crippen LogP contribution in [0, 0.1) is 30.1 Å². The van der Waals surface area contributed by atoms with Gasteiger partial charge in [0.05, 0.1) is 12.5 Å². The number of hydrogen-bond donors (Lipinski definition) is 2. The number of terminal acetylenes is 1. The lowest BCUT2D eigenvalue weighted by Gasteiger charge is -2.31. The van der Waals surface area contributed by atoms with Crippen LogP contribution in [0.4, 0.5) is 4.79 Å². The van der Waals surface area contributed by atoms with Crippen LogP contribution in [0.3, 0.4) is 0 Å². The van der Waals surface area contributed by atoms with Gasteiger partial charge in [0, 0.05) is 12.6 Å². The van der Waals surface area contributed by atoms with E-state index in [1.807, 2.05) is 6.92 Å². The minimum Gasteiger partial charge on any atom is -0.481 e. The van der Waals surface area contributed by atoms with E-state index in [1.165, 1.54) is 4.90 Å². The van der Waals surface area contributed by atoms with Crippen LogP contribution in [0.1, 0.15) is 26.2 Å². The SMILES string of the molecule is C#CCN(CC)C(=O)NC1C2CCC(C2)C1C(=O)O. The Morgan fingerprint density at radius 3 is 2.68 bits per heavy atom. The van der Waals surface area contributed by atoms with Crippen molar-refractivity contribution in [3.8, 4) is 12.3 Å². The fourth-order valence-electron chi connectivity index (χ4n) is 3.53. The number of carboxylic acid groups (broad SMARTS) is 1. The lowest BCUT2D eigenvalue weighted by molar-refractivity contribution is -0.144. The summed E-state index contributed by atoms with van der Waals surface area (Å²) in [7, 11) is 0. The number of urea groups is 1. The molecule has 0 saturated heterocycles. The zero-order valence-electron chi connectivity index (χ0n) is 11.1. The molecule has 4 atom stereocenters. The second kappa shape index (κ2) is 5.52. The largest absolute Gasteiger partial charge is 0.481 e. The van der Waals surface area contributed by atoms with E-state index >= 15 is 0 Å². The van der Waals surface area contributed by atoms with Crippen LogP contribution in [0.2, 0.25) is 0 Å². The summed E-state index contributed by atoms with van der Waals surface area (Å²) in [6.45, 7) is 2.63. The monoisotopic (exact) mass is 264 g/mol. The number of aliphatic carboxylic acids is 1. The first kappa shape index (κ1) is 13.7. The quantitative estimate of drug-likeness (QED) is 0.748. The van der Waals surface area contributed by atoms with E-state index in [4.69, 9.17) is 6.42 Å². The van der Waals surface area contributed by atoms with Crippen LogP contribution in [0.5, 0.6) is 0 Å². The highest BCUT2D eigenvalue weighted by molar-refractivity contribution is 5.78. The number of rotatable bonds is 4. The van der Waals surface area contributed by atoms with Gasteiger partial charge in [0.25, 0.3) is 0 Å². The average Bonchev–Trinajstić information content (AvgIpc) is 2.96. The predicted molar refractivity (Wildman–Crippen MR) is 70.4 cm³/mol. The highest BCUT2D eigenvalue weighted by atomic mass is 16.4. The maximum Gasteiger partial charge on any atom is 0.318 e. The van der Waals surface area contributed by atoms with Gasteiger partial charge in [0.2, 0.25) is 0 Å². The van der Waals surface area contributed by atoms with Crippen molar-refractivity contribution in [3.63, 3.8) is 0 Å².